The SMILES string of the molecule is O=C(O)N[C@@H](Cc1ccccc1)[C@H](O)CNCc1ccc(F)cc1. The van der Waals surface area contributed by atoms with Crippen LogP contribution in [0.4, 0.5) is 9.18 Å². The second-order valence-electron chi connectivity index (χ2n) is 5.57. The first-order valence-electron chi connectivity index (χ1n) is 7.71. The fraction of sp³-hybridized carbons (Fsp3) is 0.278. The molecule has 0 saturated heterocycles. The molecule has 0 aromatic heterocycles. The molecule has 2 rings (SSSR count). The van der Waals surface area contributed by atoms with Crippen molar-refractivity contribution in [3.63, 3.8) is 0 Å². The van der Waals surface area contributed by atoms with Crippen LogP contribution in [0.2, 0.25) is 0 Å². The molecule has 0 bridgehead atoms. The molecule has 4 N–H and O–H groups in total. The Labute approximate surface area is 140 Å². The summed E-state index contributed by atoms with van der Waals surface area (Å²) in [6.45, 7) is 0.678. The van der Waals surface area contributed by atoms with Crippen LogP contribution in [0.25, 0.3) is 0 Å². The van der Waals surface area contributed by atoms with Crippen LogP contribution in [0.15, 0.2) is 54.6 Å². The van der Waals surface area contributed by atoms with E-state index in [4.69, 9.17) is 5.11 Å². The number of hydrogen-bond acceptors (Lipinski definition) is 3. The number of hydrogen-bond donors (Lipinski definition) is 4. The van der Waals surface area contributed by atoms with Crippen LogP contribution in [-0.4, -0.2) is 35.0 Å². The molecule has 0 aliphatic heterocycles. The Hall–Kier alpha value is -2.44. The summed E-state index contributed by atoms with van der Waals surface area (Å²) in [5.74, 6) is -0.299. The van der Waals surface area contributed by atoms with Crippen molar-refractivity contribution in [2.24, 2.45) is 0 Å². The maximum Gasteiger partial charge on any atom is 0.404 e. The van der Waals surface area contributed by atoms with Crippen LogP contribution >= 0.6 is 0 Å². The summed E-state index contributed by atoms with van der Waals surface area (Å²) in [5, 5.41) is 24.7. The van der Waals surface area contributed by atoms with Gasteiger partial charge in [0.1, 0.15) is 5.82 Å². The van der Waals surface area contributed by atoms with Gasteiger partial charge in [0.05, 0.1) is 12.1 Å². The molecule has 1 amide bonds. The third kappa shape index (κ3) is 5.98. The number of rotatable bonds is 8. The smallest absolute Gasteiger partial charge is 0.404 e. The van der Waals surface area contributed by atoms with E-state index in [1.807, 2.05) is 30.3 Å². The van der Waals surface area contributed by atoms with Gasteiger partial charge in [-0.3, -0.25) is 0 Å². The summed E-state index contributed by atoms with van der Waals surface area (Å²) >= 11 is 0. The van der Waals surface area contributed by atoms with Gasteiger partial charge in [-0.25, -0.2) is 9.18 Å². The number of aliphatic hydroxyl groups is 1. The molecule has 5 nitrogen and oxygen atoms in total. The molecule has 6 heteroatoms. The predicted molar refractivity (Wildman–Crippen MR) is 89.2 cm³/mol. The van der Waals surface area contributed by atoms with Crippen molar-refractivity contribution in [1.29, 1.82) is 0 Å². The van der Waals surface area contributed by atoms with Gasteiger partial charge in [0, 0.05) is 13.1 Å². The highest BCUT2D eigenvalue weighted by atomic mass is 19.1. The van der Waals surface area contributed by atoms with Crippen molar-refractivity contribution in [2.45, 2.75) is 25.1 Å². The van der Waals surface area contributed by atoms with Crippen LogP contribution < -0.4 is 10.6 Å². The van der Waals surface area contributed by atoms with E-state index >= 15 is 0 Å². The van der Waals surface area contributed by atoms with Gasteiger partial charge in [0.2, 0.25) is 0 Å². The lowest BCUT2D eigenvalue weighted by atomic mass is 10.0. The van der Waals surface area contributed by atoms with Crippen molar-refractivity contribution < 1.29 is 19.4 Å². The Morgan fingerprint density at radius 3 is 2.33 bits per heavy atom. The van der Waals surface area contributed by atoms with Crippen molar-refractivity contribution in [3.05, 3.63) is 71.5 Å². The largest absolute Gasteiger partial charge is 0.465 e. The van der Waals surface area contributed by atoms with Crippen LogP contribution in [-0.2, 0) is 13.0 Å². The minimum Gasteiger partial charge on any atom is -0.465 e. The van der Waals surface area contributed by atoms with Gasteiger partial charge in [-0.15, -0.1) is 0 Å². The Kier molecular flexibility index (Phi) is 6.72. The van der Waals surface area contributed by atoms with E-state index in [9.17, 15) is 14.3 Å². The van der Waals surface area contributed by atoms with E-state index in [0.717, 1.165) is 11.1 Å². The molecule has 2 aromatic rings. The highest BCUT2D eigenvalue weighted by Gasteiger charge is 2.21. The quantitative estimate of drug-likeness (QED) is 0.597. The van der Waals surface area contributed by atoms with Crippen molar-refractivity contribution in [2.75, 3.05) is 6.54 Å². The van der Waals surface area contributed by atoms with Crippen LogP contribution in [0.1, 0.15) is 11.1 Å². The number of aliphatic hydroxyl groups excluding tert-OH is 1. The number of nitrogens with one attached hydrogen (secondary N) is 2. The Balaban J connectivity index is 1.88. The zero-order chi connectivity index (χ0) is 17.4. The maximum atomic E-state index is 12.8. The Morgan fingerprint density at radius 1 is 1.04 bits per heavy atom. The lowest BCUT2D eigenvalue weighted by molar-refractivity contribution is 0.117. The molecule has 0 fully saturated rings. The fourth-order valence-corrected chi connectivity index (χ4v) is 2.42. The summed E-state index contributed by atoms with van der Waals surface area (Å²) in [5.41, 5.74) is 1.82. The van der Waals surface area contributed by atoms with Gasteiger partial charge >= 0.3 is 6.09 Å². The standard InChI is InChI=1S/C18H21FN2O3/c19-15-8-6-14(7-9-15)11-20-12-17(22)16(21-18(23)24)10-13-4-2-1-3-5-13/h1-9,16-17,20-22H,10-12H2,(H,23,24)/t16-,17+/m0/s1. The lowest BCUT2D eigenvalue weighted by Gasteiger charge is -2.23. The monoisotopic (exact) mass is 332 g/mol. The lowest BCUT2D eigenvalue weighted by Crippen LogP contribution is -2.48. The van der Waals surface area contributed by atoms with Gasteiger partial charge in [0.15, 0.2) is 0 Å². The molecule has 128 valence electrons. The molecular weight excluding hydrogens is 311 g/mol. The molecule has 0 unspecified atom stereocenters. The highest BCUT2D eigenvalue weighted by molar-refractivity contribution is 5.65. The molecular formula is C18H21FN2O3. The van der Waals surface area contributed by atoms with Gasteiger partial charge in [-0.2, -0.15) is 0 Å². The first kappa shape index (κ1) is 17.9. The second-order valence-corrected chi connectivity index (χ2v) is 5.57. The normalized spacial score (nSPS) is 13.2. The molecule has 0 aliphatic carbocycles. The summed E-state index contributed by atoms with van der Waals surface area (Å²) in [6.07, 6.45) is -1.66. The Bertz CT molecular complexity index is 634. The summed E-state index contributed by atoms with van der Waals surface area (Å²) in [7, 11) is 0. The number of benzene rings is 2. The summed E-state index contributed by atoms with van der Waals surface area (Å²) in [4.78, 5) is 11.0. The zero-order valence-corrected chi connectivity index (χ0v) is 13.2. The van der Waals surface area contributed by atoms with Gasteiger partial charge in [0.25, 0.3) is 0 Å². The minimum atomic E-state index is -1.17. The minimum absolute atomic E-state index is 0.217. The molecule has 0 radical (unpaired) electrons. The van der Waals surface area contributed by atoms with Gasteiger partial charge in [-0.05, 0) is 29.7 Å². The van der Waals surface area contributed by atoms with Crippen molar-refractivity contribution in [1.82, 2.24) is 10.6 Å². The topological polar surface area (TPSA) is 81.6 Å². The molecule has 2 atom stereocenters. The van der Waals surface area contributed by atoms with E-state index in [2.05, 4.69) is 10.6 Å². The number of halogens is 1. The van der Waals surface area contributed by atoms with Crippen LogP contribution in [0.5, 0.6) is 0 Å². The highest BCUT2D eigenvalue weighted by Crippen LogP contribution is 2.07. The maximum absolute atomic E-state index is 12.8. The predicted octanol–water partition coefficient (Wildman–Crippen LogP) is 2.16. The average molecular weight is 332 g/mol. The zero-order valence-electron chi connectivity index (χ0n) is 13.2. The summed E-state index contributed by atoms with van der Waals surface area (Å²) < 4.78 is 12.8. The van der Waals surface area contributed by atoms with E-state index in [0.29, 0.717) is 13.0 Å². The third-order valence-electron chi connectivity index (χ3n) is 3.67. The van der Waals surface area contributed by atoms with E-state index in [1.54, 1.807) is 12.1 Å². The summed E-state index contributed by atoms with van der Waals surface area (Å²) in [6, 6.07) is 14.8. The number of amides is 1. The molecule has 2 aromatic carbocycles. The number of carbonyl (C=O) groups is 1. The Morgan fingerprint density at radius 2 is 1.71 bits per heavy atom. The third-order valence-corrected chi connectivity index (χ3v) is 3.67. The van der Waals surface area contributed by atoms with Crippen LogP contribution in [0, 0.1) is 5.82 Å². The molecule has 0 saturated carbocycles. The van der Waals surface area contributed by atoms with E-state index < -0.39 is 18.2 Å². The first-order chi connectivity index (χ1) is 11.5. The molecule has 0 spiro atoms. The molecule has 24 heavy (non-hydrogen) atoms. The van der Waals surface area contributed by atoms with Gasteiger partial charge < -0.3 is 20.8 Å². The molecule has 0 aliphatic rings. The average Bonchev–Trinajstić information content (AvgIpc) is 2.56. The van der Waals surface area contributed by atoms with Gasteiger partial charge in [-0.1, -0.05) is 42.5 Å². The van der Waals surface area contributed by atoms with Crippen LogP contribution in [0.3, 0.4) is 0 Å². The first-order valence-corrected chi connectivity index (χ1v) is 7.71. The fourth-order valence-electron chi connectivity index (χ4n) is 2.42. The van der Waals surface area contributed by atoms with Crippen molar-refractivity contribution in [3.8, 4) is 0 Å². The number of carboxylic acid groups (broad SMARTS) is 1. The van der Waals surface area contributed by atoms with Crippen molar-refractivity contribution >= 4 is 6.09 Å². The second kappa shape index (κ2) is 9.00. The molecule has 0 heterocycles. The van der Waals surface area contributed by atoms with E-state index in [-0.39, 0.29) is 12.4 Å². The van der Waals surface area contributed by atoms with E-state index in [1.165, 1.54) is 12.1 Å².